The highest BCUT2D eigenvalue weighted by molar-refractivity contribution is 5.65. The standard InChI is InChI=1S/C15H22N4O/c1-10(2)14-13(16)15(19(3)18-14)17-8-11-5-4-6-12(7-11)9-20/h4-7,10,17,20H,8-9,16H2,1-3H3. The van der Waals surface area contributed by atoms with E-state index < -0.39 is 0 Å². The molecule has 5 nitrogen and oxygen atoms in total. The SMILES string of the molecule is CC(C)c1nn(C)c(NCc2cccc(CO)c2)c1N. The average molecular weight is 274 g/mol. The highest BCUT2D eigenvalue weighted by Crippen LogP contribution is 2.28. The zero-order valence-electron chi connectivity index (χ0n) is 12.2. The fourth-order valence-electron chi connectivity index (χ4n) is 2.22. The Morgan fingerprint density at radius 3 is 2.65 bits per heavy atom. The van der Waals surface area contributed by atoms with Crippen molar-refractivity contribution in [1.29, 1.82) is 0 Å². The lowest BCUT2D eigenvalue weighted by Gasteiger charge is -2.09. The van der Waals surface area contributed by atoms with Crippen LogP contribution >= 0.6 is 0 Å². The van der Waals surface area contributed by atoms with Crippen LogP contribution in [0.5, 0.6) is 0 Å². The van der Waals surface area contributed by atoms with Crippen LogP contribution in [-0.4, -0.2) is 14.9 Å². The Bertz CT molecular complexity index is 590. The molecule has 0 amide bonds. The lowest BCUT2D eigenvalue weighted by molar-refractivity contribution is 0.281. The molecule has 0 aliphatic heterocycles. The summed E-state index contributed by atoms with van der Waals surface area (Å²) in [6, 6.07) is 7.83. The van der Waals surface area contributed by atoms with Crippen molar-refractivity contribution in [1.82, 2.24) is 9.78 Å². The number of nitrogen functional groups attached to an aromatic ring is 1. The van der Waals surface area contributed by atoms with Gasteiger partial charge in [0, 0.05) is 13.6 Å². The monoisotopic (exact) mass is 274 g/mol. The number of hydrogen-bond donors (Lipinski definition) is 3. The third kappa shape index (κ3) is 2.93. The molecular weight excluding hydrogens is 252 g/mol. The average Bonchev–Trinajstić information content (AvgIpc) is 2.72. The molecule has 0 aliphatic carbocycles. The molecule has 0 radical (unpaired) electrons. The number of aryl methyl sites for hydroxylation is 1. The summed E-state index contributed by atoms with van der Waals surface area (Å²) in [5.74, 6) is 1.14. The minimum atomic E-state index is 0.0547. The number of benzene rings is 1. The van der Waals surface area contributed by atoms with Crippen LogP contribution in [0.25, 0.3) is 0 Å². The van der Waals surface area contributed by atoms with Gasteiger partial charge in [-0.2, -0.15) is 5.10 Å². The Morgan fingerprint density at radius 1 is 1.35 bits per heavy atom. The lowest BCUT2D eigenvalue weighted by Crippen LogP contribution is -2.06. The van der Waals surface area contributed by atoms with Gasteiger partial charge >= 0.3 is 0 Å². The molecule has 4 N–H and O–H groups in total. The Labute approximate surface area is 119 Å². The normalized spacial score (nSPS) is 11.1. The number of aliphatic hydroxyl groups excluding tert-OH is 1. The number of nitrogens with one attached hydrogen (secondary N) is 1. The van der Waals surface area contributed by atoms with Gasteiger partial charge < -0.3 is 16.2 Å². The van der Waals surface area contributed by atoms with Gasteiger partial charge in [0.05, 0.1) is 18.0 Å². The van der Waals surface area contributed by atoms with E-state index in [4.69, 9.17) is 10.8 Å². The van der Waals surface area contributed by atoms with Gasteiger partial charge in [-0.25, -0.2) is 0 Å². The fraction of sp³-hybridized carbons (Fsp3) is 0.400. The second-order valence-corrected chi connectivity index (χ2v) is 5.26. The van der Waals surface area contributed by atoms with Crippen LogP contribution in [0.2, 0.25) is 0 Å². The molecule has 108 valence electrons. The molecule has 20 heavy (non-hydrogen) atoms. The molecule has 0 saturated heterocycles. The van der Waals surface area contributed by atoms with E-state index in [-0.39, 0.29) is 6.61 Å². The van der Waals surface area contributed by atoms with E-state index >= 15 is 0 Å². The highest BCUT2D eigenvalue weighted by atomic mass is 16.3. The molecule has 2 rings (SSSR count). The van der Waals surface area contributed by atoms with Gasteiger partial charge in [-0.15, -0.1) is 0 Å². The number of hydrogen-bond acceptors (Lipinski definition) is 4. The smallest absolute Gasteiger partial charge is 0.148 e. The zero-order chi connectivity index (χ0) is 14.7. The van der Waals surface area contributed by atoms with Crippen molar-refractivity contribution in [2.75, 3.05) is 11.1 Å². The minimum absolute atomic E-state index is 0.0547. The van der Waals surface area contributed by atoms with Crippen LogP contribution < -0.4 is 11.1 Å². The largest absolute Gasteiger partial charge is 0.394 e. The molecular formula is C15H22N4O. The number of nitrogens with two attached hydrogens (primary N) is 1. The maximum absolute atomic E-state index is 9.15. The maximum atomic E-state index is 9.15. The molecule has 2 aromatic rings. The second-order valence-electron chi connectivity index (χ2n) is 5.26. The molecule has 0 saturated carbocycles. The molecule has 0 fully saturated rings. The van der Waals surface area contributed by atoms with E-state index in [2.05, 4.69) is 24.3 Å². The van der Waals surface area contributed by atoms with E-state index in [0.717, 1.165) is 22.6 Å². The number of aromatic nitrogens is 2. The van der Waals surface area contributed by atoms with Crippen molar-refractivity contribution in [3.8, 4) is 0 Å². The first kappa shape index (κ1) is 14.4. The second kappa shape index (κ2) is 5.96. The first-order valence-corrected chi connectivity index (χ1v) is 6.77. The van der Waals surface area contributed by atoms with Gasteiger partial charge in [0.25, 0.3) is 0 Å². The van der Waals surface area contributed by atoms with E-state index in [0.29, 0.717) is 18.2 Å². The van der Waals surface area contributed by atoms with Crippen molar-refractivity contribution in [2.24, 2.45) is 7.05 Å². The van der Waals surface area contributed by atoms with Gasteiger partial charge in [-0.3, -0.25) is 4.68 Å². The summed E-state index contributed by atoms with van der Waals surface area (Å²) < 4.78 is 1.78. The topological polar surface area (TPSA) is 76.1 Å². The Kier molecular flexibility index (Phi) is 4.29. The van der Waals surface area contributed by atoms with E-state index in [1.165, 1.54) is 0 Å². The molecule has 0 aliphatic rings. The van der Waals surface area contributed by atoms with Gasteiger partial charge in [0.1, 0.15) is 5.82 Å². The third-order valence-electron chi connectivity index (χ3n) is 3.29. The maximum Gasteiger partial charge on any atom is 0.148 e. The van der Waals surface area contributed by atoms with Crippen LogP contribution in [0.3, 0.4) is 0 Å². The Morgan fingerprint density at radius 2 is 2.05 bits per heavy atom. The first-order chi connectivity index (χ1) is 9.52. The van der Waals surface area contributed by atoms with Gasteiger partial charge in [0.15, 0.2) is 0 Å². The summed E-state index contributed by atoms with van der Waals surface area (Å²) in [4.78, 5) is 0. The summed E-state index contributed by atoms with van der Waals surface area (Å²) in [5.41, 5.74) is 9.77. The molecule has 1 aromatic heterocycles. The number of nitrogens with zero attached hydrogens (tertiary/aromatic N) is 2. The fourth-order valence-corrected chi connectivity index (χ4v) is 2.22. The van der Waals surface area contributed by atoms with Crippen molar-refractivity contribution < 1.29 is 5.11 Å². The number of rotatable bonds is 5. The molecule has 0 atom stereocenters. The summed E-state index contributed by atoms with van der Waals surface area (Å²) in [6.45, 7) is 4.86. The Hall–Kier alpha value is -2.01. The third-order valence-corrected chi connectivity index (χ3v) is 3.29. The van der Waals surface area contributed by atoms with Gasteiger partial charge in [0.2, 0.25) is 0 Å². The number of anilines is 2. The van der Waals surface area contributed by atoms with Crippen LogP contribution in [0, 0.1) is 0 Å². The van der Waals surface area contributed by atoms with Gasteiger partial charge in [-0.05, 0) is 17.0 Å². The van der Waals surface area contributed by atoms with E-state index in [1.807, 2.05) is 31.3 Å². The van der Waals surface area contributed by atoms with Crippen LogP contribution in [0.4, 0.5) is 11.5 Å². The zero-order valence-corrected chi connectivity index (χ0v) is 12.2. The lowest BCUT2D eigenvalue weighted by atomic mass is 10.1. The van der Waals surface area contributed by atoms with Crippen molar-refractivity contribution in [2.45, 2.75) is 32.9 Å². The molecule has 0 spiro atoms. The predicted molar refractivity (Wildman–Crippen MR) is 81.4 cm³/mol. The van der Waals surface area contributed by atoms with E-state index in [1.54, 1.807) is 4.68 Å². The summed E-state index contributed by atoms with van der Waals surface area (Å²) in [6.07, 6.45) is 0. The van der Waals surface area contributed by atoms with Gasteiger partial charge in [-0.1, -0.05) is 38.1 Å². The molecule has 1 heterocycles. The van der Waals surface area contributed by atoms with Crippen molar-refractivity contribution >= 4 is 11.5 Å². The molecule has 0 bridgehead atoms. The van der Waals surface area contributed by atoms with Crippen molar-refractivity contribution in [3.05, 3.63) is 41.1 Å². The Balaban J connectivity index is 2.14. The summed E-state index contributed by atoms with van der Waals surface area (Å²) in [5, 5.41) is 16.9. The van der Waals surface area contributed by atoms with Crippen LogP contribution in [-0.2, 0) is 20.2 Å². The quantitative estimate of drug-likeness (QED) is 0.781. The minimum Gasteiger partial charge on any atom is -0.394 e. The molecule has 5 heteroatoms. The van der Waals surface area contributed by atoms with Crippen LogP contribution in [0.15, 0.2) is 24.3 Å². The van der Waals surface area contributed by atoms with Crippen LogP contribution in [0.1, 0.15) is 36.6 Å². The first-order valence-electron chi connectivity index (χ1n) is 6.77. The molecule has 1 aromatic carbocycles. The molecule has 0 unspecified atom stereocenters. The van der Waals surface area contributed by atoms with E-state index in [9.17, 15) is 0 Å². The van der Waals surface area contributed by atoms with Crippen molar-refractivity contribution in [3.63, 3.8) is 0 Å². The highest BCUT2D eigenvalue weighted by Gasteiger charge is 2.15. The predicted octanol–water partition coefficient (Wildman–Crippen LogP) is 2.23. The summed E-state index contributed by atoms with van der Waals surface area (Å²) in [7, 11) is 1.88. The summed E-state index contributed by atoms with van der Waals surface area (Å²) >= 11 is 0. The number of aliphatic hydroxyl groups is 1.